The SMILES string of the molecule is CC(=O)OCC1OCC(OC(C)=O)(n2cnc3c(=O)[nH]c(=O)[nH]c32)C1OC(C)=O. The van der Waals surface area contributed by atoms with E-state index in [-0.39, 0.29) is 24.4 Å². The van der Waals surface area contributed by atoms with E-state index >= 15 is 0 Å². The smallest absolute Gasteiger partial charge is 0.327 e. The van der Waals surface area contributed by atoms with Crippen molar-refractivity contribution in [2.75, 3.05) is 13.2 Å². The third kappa shape index (κ3) is 3.76. The fourth-order valence-electron chi connectivity index (χ4n) is 3.18. The lowest BCUT2D eigenvalue weighted by Crippen LogP contribution is -2.52. The minimum atomic E-state index is -1.81. The van der Waals surface area contributed by atoms with Gasteiger partial charge in [0.2, 0.25) is 0 Å². The third-order valence-corrected chi connectivity index (χ3v) is 4.20. The highest BCUT2D eigenvalue weighted by molar-refractivity contribution is 5.71. The summed E-state index contributed by atoms with van der Waals surface area (Å²) in [5, 5.41) is 0. The molecule has 1 aliphatic rings. The maximum Gasteiger partial charge on any atom is 0.327 e. The summed E-state index contributed by atoms with van der Waals surface area (Å²) >= 11 is 0. The maximum atomic E-state index is 12.0. The predicted octanol–water partition coefficient (Wildman–Crippen LogP) is -1.48. The van der Waals surface area contributed by atoms with Crippen LogP contribution in [-0.2, 0) is 39.1 Å². The third-order valence-electron chi connectivity index (χ3n) is 4.20. The molecule has 13 heteroatoms. The number of hydrogen-bond donors (Lipinski definition) is 2. The first-order chi connectivity index (χ1) is 13.6. The van der Waals surface area contributed by atoms with Crippen LogP contribution in [0.2, 0.25) is 0 Å². The predicted molar refractivity (Wildman–Crippen MR) is 92.6 cm³/mol. The first-order valence-corrected chi connectivity index (χ1v) is 8.46. The molecule has 2 N–H and O–H groups in total. The van der Waals surface area contributed by atoms with Gasteiger partial charge in [-0.3, -0.25) is 33.7 Å². The molecular weight excluding hydrogens is 392 g/mol. The Balaban J connectivity index is 2.18. The molecule has 156 valence electrons. The maximum absolute atomic E-state index is 12.0. The van der Waals surface area contributed by atoms with E-state index in [0.717, 1.165) is 20.2 Å². The molecule has 0 saturated carbocycles. The van der Waals surface area contributed by atoms with Crippen molar-refractivity contribution in [2.45, 2.75) is 38.7 Å². The molecule has 3 heterocycles. The van der Waals surface area contributed by atoms with Gasteiger partial charge in [0.1, 0.15) is 25.6 Å². The number of aromatic nitrogens is 4. The molecule has 0 amide bonds. The van der Waals surface area contributed by atoms with Crippen LogP contribution in [0, 0.1) is 0 Å². The summed E-state index contributed by atoms with van der Waals surface area (Å²) in [6.45, 7) is 2.82. The molecule has 0 spiro atoms. The first-order valence-electron chi connectivity index (χ1n) is 8.46. The van der Waals surface area contributed by atoms with E-state index in [4.69, 9.17) is 18.9 Å². The number of fused-ring (bicyclic) bond motifs is 1. The average molecular weight is 410 g/mol. The van der Waals surface area contributed by atoms with Gasteiger partial charge >= 0.3 is 23.6 Å². The second kappa shape index (κ2) is 7.50. The lowest BCUT2D eigenvalue weighted by atomic mass is 10.0. The highest BCUT2D eigenvalue weighted by Gasteiger charge is 2.58. The molecule has 3 atom stereocenters. The standard InChI is InChI=1S/C16H18N4O9/c1-7(21)26-4-10-12(28-8(2)22)16(5-27-10,29-9(3)23)20-6-17-11-13(20)18-15(25)19-14(11)24/h6,10,12H,4-5H2,1-3H3,(H2,18,19,24,25). The molecule has 3 rings (SSSR count). The van der Waals surface area contributed by atoms with Gasteiger partial charge < -0.3 is 18.9 Å². The number of imidazole rings is 1. The van der Waals surface area contributed by atoms with Gasteiger partial charge in [-0.25, -0.2) is 9.78 Å². The Hall–Kier alpha value is -3.48. The van der Waals surface area contributed by atoms with Crippen molar-refractivity contribution in [3.8, 4) is 0 Å². The summed E-state index contributed by atoms with van der Waals surface area (Å²) in [6, 6.07) is 0. The average Bonchev–Trinajstić information content (AvgIpc) is 3.15. The van der Waals surface area contributed by atoms with E-state index in [0.29, 0.717) is 0 Å². The Labute approximate surface area is 161 Å². The summed E-state index contributed by atoms with van der Waals surface area (Å²) in [6.07, 6.45) is -1.12. The summed E-state index contributed by atoms with van der Waals surface area (Å²) < 4.78 is 22.6. The van der Waals surface area contributed by atoms with Crippen molar-refractivity contribution in [1.82, 2.24) is 19.5 Å². The molecule has 1 aliphatic heterocycles. The highest BCUT2D eigenvalue weighted by Crippen LogP contribution is 2.37. The van der Waals surface area contributed by atoms with Gasteiger partial charge in [-0.15, -0.1) is 0 Å². The van der Waals surface area contributed by atoms with Gasteiger partial charge in [0.05, 0.1) is 0 Å². The van der Waals surface area contributed by atoms with Gasteiger partial charge in [0.15, 0.2) is 17.3 Å². The van der Waals surface area contributed by atoms with E-state index in [2.05, 4.69) is 9.97 Å². The second-order valence-electron chi connectivity index (χ2n) is 6.34. The molecular formula is C16H18N4O9. The fraction of sp³-hybridized carbons (Fsp3) is 0.500. The number of nitrogens with zero attached hydrogens (tertiary/aromatic N) is 2. The van der Waals surface area contributed by atoms with Crippen molar-refractivity contribution in [3.63, 3.8) is 0 Å². The first kappa shape index (κ1) is 20.3. The van der Waals surface area contributed by atoms with E-state index in [1.807, 2.05) is 4.98 Å². The van der Waals surface area contributed by atoms with Crippen LogP contribution >= 0.6 is 0 Å². The zero-order valence-corrected chi connectivity index (χ0v) is 15.7. The lowest BCUT2D eigenvalue weighted by Gasteiger charge is -2.34. The molecule has 0 aromatic carbocycles. The summed E-state index contributed by atoms with van der Waals surface area (Å²) in [5.74, 6) is -2.07. The summed E-state index contributed by atoms with van der Waals surface area (Å²) in [5.41, 5.74) is -3.61. The van der Waals surface area contributed by atoms with Crippen molar-refractivity contribution in [1.29, 1.82) is 0 Å². The molecule has 13 nitrogen and oxygen atoms in total. The number of H-pyrrole nitrogens is 2. The molecule has 0 bridgehead atoms. The van der Waals surface area contributed by atoms with Crippen molar-refractivity contribution in [3.05, 3.63) is 27.2 Å². The molecule has 2 aromatic heterocycles. The van der Waals surface area contributed by atoms with Crippen molar-refractivity contribution in [2.24, 2.45) is 0 Å². The molecule has 1 saturated heterocycles. The van der Waals surface area contributed by atoms with Crippen LogP contribution in [-0.4, -0.2) is 62.8 Å². The van der Waals surface area contributed by atoms with Crippen molar-refractivity contribution >= 4 is 29.1 Å². The Morgan fingerprint density at radius 3 is 2.55 bits per heavy atom. The van der Waals surface area contributed by atoms with Gasteiger partial charge in [-0.2, -0.15) is 0 Å². The van der Waals surface area contributed by atoms with E-state index in [1.54, 1.807) is 0 Å². The van der Waals surface area contributed by atoms with Crippen LogP contribution in [0.3, 0.4) is 0 Å². The zero-order valence-electron chi connectivity index (χ0n) is 15.7. The molecule has 2 aromatic rings. The Morgan fingerprint density at radius 2 is 1.93 bits per heavy atom. The number of carbonyl (C=O) groups is 3. The van der Waals surface area contributed by atoms with Crippen LogP contribution in [0.15, 0.2) is 15.9 Å². The molecule has 0 aliphatic carbocycles. The number of hydrogen-bond acceptors (Lipinski definition) is 10. The number of aromatic amines is 2. The van der Waals surface area contributed by atoms with Crippen LogP contribution in [0.5, 0.6) is 0 Å². The van der Waals surface area contributed by atoms with Crippen molar-refractivity contribution < 1.29 is 33.3 Å². The van der Waals surface area contributed by atoms with E-state index < -0.39 is 47.1 Å². The molecule has 3 unspecified atom stereocenters. The number of carbonyl (C=O) groups excluding carboxylic acids is 3. The quantitative estimate of drug-likeness (QED) is 0.437. The number of nitrogens with one attached hydrogen (secondary N) is 2. The number of rotatable bonds is 5. The normalized spacial score (nSPS) is 23.7. The highest BCUT2D eigenvalue weighted by atomic mass is 16.7. The summed E-state index contributed by atoms with van der Waals surface area (Å²) in [7, 11) is 0. The van der Waals surface area contributed by atoms with Crippen LogP contribution in [0.1, 0.15) is 20.8 Å². The molecule has 29 heavy (non-hydrogen) atoms. The van der Waals surface area contributed by atoms with Crippen LogP contribution < -0.4 is 11.2 Å². The van der Waals surface area contributed by atoms with Gasteiger partial charge in [-0.1, -0.05) is 0 Å². The van der Waals surface area contributed by atoms with Gasteiger partial charge in [0, 0.05) is 20.8 Å². The lowest BCUT2D eigenvalue weighted by molar-refractivity contribution is -0.196. The van der Waals surface area contributed by atoms with Gasteiger partial charge in [0.25, 0.3) is 11.3 Å². The second-order valence-corrected chi connectivity index (χ2v) is 6.34. The minimum absolute atomic E-state index is 0.0751. The van der Waals surface area contributed by atoms with Gasteiger partial charge in [-0.05, 0) is 0 Å². The largest absolute Gasteiger partial charge is 0.463 e. The van der Waals surface area contributed by atoms with E-state index in [9.17, 15) is 24.0 Å². The number of esters is 3. The fourth-order valence-corrected chi connectivity index (χ4v) is 3.18. The van der Waals surface area contributed by atoms with E-state index in [1.165, 1.54) is 11.5 Å². The topological polar surface area (TPSA) is 172 Å². The summed E-state index contributed by atoms with van der Waals surface area (Å²) in [4.78, 5) is 67.0. The van der Waals surface area contributed by atoms with Crippen LogP contribution in [0.4, 0.5) is 0 Å². The Morgan fingerprint density at radius 1 is 1.21 bits per heavy atom. The Kier molecular flexibility index (Phi) is 5.24. The Bertz CT molecular complexity index is 1080. The molecule has 0 radical (unpaired) electrons. The van der Waals surface area contributed by atoms with Crippen LogP contribution in [0.25, 0.3) is 11.2 Å². The zero-order chi connectivity index (χ0) is 21.3. The minimum Gasteiger partial charge on any atom is -0.463 e. The molecule has 1 fully saturated rings. The monoisotopic (exact) mass is 410 g/mol. The number of ether oxygens (including phenoxy) is 4.